The van der Waals surface area contributed by atoms with Crippen LogP contribution in [0.1, 0.15) is 11.1 Å². The summed E-state index contributed by atoms with van der Waals surface area (Å²) in [7, 11) is 1.34. The van der Waals surface area contributed by atoms with Gasteiger partial charge in [0.05, 0.1) is 10.0 Å². The second-order valence-electron chi connectivity index (χ2n) is 2.67. The van der Waals surface area contributed by atoms with E-state index in [0.29, 0.717) is 5.56 Å². The van der Waals surface area contributed by atoms with E-state index in [4.69, 9.17) is 21.7 Å². The van der Waals surface area contributed by atoms with E-state index in [1.807, 2.05) is 6.07 Å². The Balaban J connectivity index is 3.67. The summed E-state index contributed by atoms with van der Waals surface area (Å²) in [6, 6.07) is 4.80. The van der Waals surface area contributed by atoms with E-state index in [9.17, 15) is 8.42 Å². The first-order chi connectivity index (χ1) is 6.91. The molecule has 80 valence electrons. The molecular weight excluding hydrogens is 304 g/mol. The van der Waals surface area contributed by atoms with Gasteiger partial charge in [0.15, 0.2) is 0 Å². The lowest BCUT2D eigenvalue weighted by Crippen LogP contribution is -2.05. The summed E-state index contributed by atoms with van der Waals surface area (Å²) >= 11 is 3.03. The first-order valence-electron chi connectivity index (χ1n) is 3.78. The second kappa shape index (κ2) is 4.49. The lowest BCUT2D eigenvalue weighted by Gasteiger charge is -2.07. The highest BCUT2D eigenvalue weighted by molar-refractivity contribution is 9.10. The number of hydrogen-bond acceptors (Lipinski definition) is 4. The van der Waals surface area contributed by atoms with Crippen molar-refractivity contribution in [2.24, 2.45) is 5.73 Å². The quantitative estimate of drug-likeness (QED) is 0.843. The fourth-order valence-corrected chi connectivity index (χ4v) is 3.82. The standard InChI is InChI=1S/C8H6BrClN2O2S/c9-7-5(3-11)1-2-6(4-12)8(7)15(10,13)14/h1-2H,4,12H2. The Kier molecular flexibility index (Phi) is 3.73. The van der Waals surface area contributed by atoms with E-state index >= 15 is 0 Å². The summed E-state index contributed by atoms with van der Waals surface area (Å²) in [5.74, 6) is 0. The third-order valence-corrected chi connectivity index (χ3v) is 4.27. The molecule has 2 N–H and O–H groups in total. The number of rotatable bonds is 2. The van der Waals surface area contributed by atoms with Crippen molar-refractivity contribution < 1.29 is 8.42 Å². The van der Waals surface area contributed by atoms with Crippen molar-refractivity contribution in [2.75, 3.05) is 0 Å². The average Bonchev–Trinajstić information content (AvgIpc) is 2.15. The van der Waals surface area contributed by atoms with Crippen molar-refractivity contribution in [1.29, 1.82) is 5.26 Å². The first-order valence-corrected chi connectivity index (χ1v) is 6.88. The molecule has 7 heteroatoms. The molecule has 0 fully saturated rings. The van der Waals surface area contributed by atoms with Gasteiger partial charge >= 0.3 is 0 Å². The smallest absolute Gasteiger partial charge is 0.262 e. The molecule has 0 saturated heterocycles. The van der Waals surface area contributed by atoms with Gasteiger partial charge in [-0.15, -0.1) is 0 Å². The monoisotopic (exact) mass is 308 g/mol. The molecule has 0 unspecified atom stereocenters. The van der Waals surface area contributed by atoms with E-state index in [-0.39, 0.29) is 21.5 Å². The van der Waals surface area contributed by atoms with E-state index < -0.39 is 9.05 Å². The minimum absolute atomic E-state index is 0.0333. The fraction of sp³-hybridized carbons (Fsp3) is 0.125. The summed E-state index contributed by atoms with van der Waals surface area (Å²) in [6.07, 6.45) is 0. The molecule has 0 saturated carbocycles. The molecule has 0 atom stereocenters. The molecule has 15 heavy (non-hydrogen) atoms. The highest BCUT2D eigenvalue weighted by Gasteiger charge is 2.21. The van der Waals surface area contributed by atoms with Gasteiger partial charge < -0.3 is 5.73 Å². The summed E-state index contributed by atoms with van der Waals surface area (Å²) in [6.45, 7) is 0.0333. The maximum Gasteiger partial charge on any atom is 0.262 e. The van der Waals surface area contributed by atoms with Gasteiger partial charge in [0.2, 0.25) is 0 Å². The molecule has 1 aromatic rings. The molecular formula is C8H6BrClN2O2S. The van der Waals surface area contributed by atoms with Crippen molar-refractivity contribution in [3.8, 4) is 6.07 Å². The lowest BCUT2D eigenvalue weighted by molar-refractivity contribution is 0.608. The fourth-order valence-electron chi connectivity index (χ4n) is 1.11. The predicted octanol–water partition coefficient (Wildman–Crippen LogP) is 1.71. The van der Waals surface area contributed by atoms with Crippen molar-refractivity contribution in [3.05, 3.63) is 27.7 Å². The van der Waals surface area contributed by atoms with Gasteiger partial charge in [-0.25, -0.2) is 8.42 Å². The van der Waals surface area contributed by atoms with Crippen LogP contribution < -0.4 is 5.73 Å². The lowest BCUT2D eigenvalue weighted by atomic mass is 10.1. The van der Waals surface area contributed by atoms with Crippen LogP contribution in [0.15, 0.2) is 21.5 Å². The number of nitrogens with zero attached hydrogens (tertiary/aromatic N) is 1. The van der Waals surface area contributed by atoms with Gasteiger partial charge in [0.1, 0.15) is 11.0 Å². The van der Waals surface area contributed by atoms with Crippen LogP contribution in [-0.4, -0.2) is 8.42 Å². The van der Waals surface area contributed by atoms with Gasteiger partial charge in [0, 0.05) is 17.2 Å². The maximum atomic E-state index is 11.3. The Labute approximate surface area is 100 Å². The van der Waals surface area contributed by atoms with Crippen LogP contribution in [0.25, 0.3) is 0 Å². The molecule has 0 aliphatic heterocycles. The van der Waals surface area contributed by atoms with Crippen LogP contribution in [0.4, 0.5) is 0 Å². The molecule has 0 bridgehead atoms. The number of hydrogen-bond donors (Lipinski definition) is 1. The SMILES string of the molecule is N#Cc1ccc(CN)c(S(=O)(=O)Cl)c1Br. The van der Waals surface area contributed by atoms with Crippen molar-refractivity contribution >= 4 is 35.7 Å². The van der Waals surface area contributed by atoms with Crippen LogP contribution in [0.3, 0.4) is 0 Å². The molecule has 0 spiro atoms. The van der Waals surface area contributed by atoms with Crippen LogP contribution in [0.2, 0.25) is 0 Å². The van der Waals surface area contributed by atoms with Gasteiger partial charge in [0.25, 0.3) is 9.05 Å². The molecule has 0 amide bonds. The number of nitriles is 1. The Morgan fingerprint density at radius 1 is 1.53 bits per heavy atom. The third kappa shape index (κ3) is 2.49. The van der Waals surface area contributed by atoms with Gasteiger partial charge in [-0.1, -0.05) is 6.07 Å². The molecule has 4 nitrogen and oxygen atoms in total. The molecule has 0 aromatic heterocycles. The van der Waals surface area contributed by atoms with Crippen molar-refractivity contribution in [2.45, 2.75) is 11.4 Å². The Morgan fingerprint density at radius 3 is 2.53 bits per heavy atom. The highest BCUT2D eigenvalue weighted by Crippen LogP contribution is 2.31. The Bertz CT molecular complexity index is 536. The predicted molar refractivity (Wildman–Crippen MR) is 59.8 cm³/mol. The van der Waals surface area contributed by atoms with Gasteiger partial charge in [-0.05, 0) is 27.6 Å². The summed E-state index contributed by atoms with van der Waals surface area (Å²) in [5.41, 5.74) is 5.95. The minimum Gasteiger partial charge on any atom is -0.326 e. The second-order valence-corrected chi connectivity index (χ2v) is 5.96. The number of nitrogens with two attached hydrogens (primary N) is 1. The van der Waals surface area contributed by atoms with Crippen molar-refractivity contribution in [1.82, 2.24) is 0 Å². The Morgan fingerprint density at radius 2 is 2.13 bits per heavy atom. The Hall–Kier alpha value is -0.610. The van der Waals surface area contributed by atoms with Crippen LogP contribution in [0.5, 0.6) is 0 Å². The van der Waals surface area contributed by atoms with Gasteiger partial charge in [-0.3, -0.25) is 0 Å². The zero-order chi connectivity index (χ0) is 11.6. The van der Waals surface area contributed by atoms with Gasteiger partial charge in [-0.2, -0.15) is 5.26 Å². The van der Waals surface area contributed by atoms with E-state index in [0.717, 1.165) is 0 Å². The topological polar surface area (TPSA) is 83.9 Å². The van der Waals surface area contributed by atoms with Crippen LogP contribution >= 0.6 is 26.6 Å². The first kappa shape index (κ1) is 12.5. The van der Waals surface area contributed by atoms with Crippen LogP contribution in [-0.2, 0) is 15.6 Å². The summed E-state index contributed by atoms with van der Waals surface area (Å²) < 4.78 is 22.7. The molecule has 0 radical (unpaired) electrons. The molecule has 0 heterocycles. The summed E-state index contributed by atoms with van der Waals surface area (Å²) in [5, 5.41) is 8.72. The average molecular weight is 310 g/mol. The van der Waals surface area contributed by atoms with E-state index in [2.05, 4.69) is 15.9 Å². The normalized spacial score (nSPS) is 11.1. The molecule has 1 rings (SSSR count). The van der Waals surface area contributed by atoms with Crippen LogP contribution in [0, 0.1) is 11.3 Å². The summed E-state index contributed by atoms with van der Waals surface area (Å²) in [4.78, 5) is -0.134. The molecule has 1 aromatic carbocycles. The highest BCUT2D eigenvalue weighted by atomic mass is 79.9. The van der Waals surface area contributed by atoms with E-state index in [1.165, 1.54) is 12.1 Å². The van der Waals surface area contributed by atoms with E-state index in [1.54, 1.807) is 0 Å². The maximum absolute atomic E-state index is 11.3. The minimum atomic E-state index is -3.91. The largest absolute Gasteiger partial charge is 0.326 e. The zero-order valence-corrected chi connectivity index (χ0v) is 10.5. The number of benzene rings is 1. The molecule has 0 aliphatic rings. The number of halogens is 2. The molecule has 0 aliphatic carbocycles. The third-order valence-electron chi connectivity index (χ3n) is 1.76. The zero-order valence-electron chi connectivity index (χ0n) is 7.37. The van der Waals surface area contributed by atoms with Crippen molar-refractivity contribution in [3.63, 3.8) is 0 Å².